The summed E-state index contributed by atoms with van der Waals surface area (Å²) in [4.78, 5) is 82.1. The monoisotopic (exact) mass is 753 g/mol. The number of hydrogen-bond acceptors (Lipinski definition) is 11. The van der Waals surface area contributed by atoms with E-state index in [0.717, 1.165) is 16.5 Å². The SMILES string of the molecule is CC[C@@]1(OC(=O)OCc2ccc(NC(=O)[C@H](CCCNC(N)=O)NC(=O)[C@@H](N)C(C)C)cc2)C(=O)OCc2c1cc1n(c2=O)Cc2cc3ccccc3nc2-1. The normalized spacial score (nSPS) is 16.6. The second-order valence-corrected chi connectivity index (χ2v) is 13.8. The lowest BCUT2D eigenvalue weighted by atomic mass is 9.85. The van der Waals surface area contributed by atoms with Crippen LogP contribution in [0.2, 0.25) is 0 Å². The zero-order chi connectivity index (χ0) is 39.4. The van der Waals surface area contributed by atoms with Crippen molar-refractivity contribution < 1.29 is 38.2 Å². The first kappa shape index (κ1) is 38.4. The van der Waals surface area contributed by atoms with Gasteiger partial charge in [-0.15, -0.1) is 0 Å². The van der Waals surface area contributed by atoms with E-state index in [1.165, 1.54) is 0 Å². The number of para-hydroxylation sites is 1. The Balaban J connectivity index is 1.13. The van der Waals surface area contributed by atoms with E-state index >= 15 is 0 Å². The quantitative estimate of drug-likeness (QED) is 0.0864. The average Bonchev–Trinajstić information content (AvgIpc) is 3.52. The number of hydrogen-bond donors (Lipinski definition) is 5. The van der Waals surface area contributed by atoms with Gasteiger partial charge in [0.15, 0.2) is 0 Å². The van der Waals surface area contributed by atoms with E-state index in [1.54, 1.807) is 55.7 Å². The molecule has 0 spiro atoms. The molecule has 0 radical (unpaired) electrons. The molecule has 7 N–H and O–H groups in total. The molecular formula is C39H43N7O9. The van der Waals surface area contributed by atoms with Gasteiger partial charge in [-0.1, -0.05) is 51.1 Å². The fourth-order valence-corrected chi connectivity index (χ4v) is 6.67. The molecule has 4 amide bonds. The molecule has 16 nitrogen and oxygen atoms in total. The number of benzene rings is 2. The summed E-state index contributed by atoms with van der Waals surface area (Å²) in [5.41, 5.74) is 12.9. The number of rotatable bonds is 13. The minimum absolute atomic E-state index is 0.0320. The van der Waals surface area contributed by atoms with Gasteiger partial charge >= 0.3 is 18.2 Å². The van der Waals surface area contributed by atoms with Crippen molar-refractivity contribution in [1.82, 2.24) is 20.2 Å². The van der Waals surface area contributed by atoms with Crippen LogP contribution >= 0.6 is 0 Å². The molecule has 16 heteroatoms. The van der Waals surface area contributed by atoms with Gasteiger partial charge < -0.3 is 46.2 Å². The van der Waals surface area contributed by atoms with E-state index in [4.69, 9.17) is 30.7 Å². The van der Waals surface area contributed by atoms with Crippen LogP contribution in [-0.4, -0.2) is 58.1 Å². The molecule has 0 unspecified atom stereocenters. The number of nitrogens with zero attached hydrogens (tertiary/aromatic N) is 2. The number of urea groups is 1. The number of aromatic nitrogens is 2. The fraction of sp³-hybridized carbons (Fsp3) is 0.359. The average molecular weight is 754 g/mol. The maximum atomic E-state index is 13.8. The summed E-state index contributed by atoms with van der Waals surface area (Å²) in [6.07, 6.45) is -0.629. The molecule has 0 fully saturated rings. The highest BCUT2D eigenvalue weighted by Crippen LogP contribution is 2.41. The third-order valence-electron chi connectivity index (χ3n) is 9.84. The Morgan fingerprint density at radius 3 is 2.49 bits per heavy atom. The number of nitrogens with one attached hydrogen (secondary N) is 3. The van der Waals surface area contributed by atoms with Crippen molar-refractivity contribution in [3.63, 3.8) is 0 Å². The Kier molecular flexibility index (Phi) is 11.2. The standard InChI is InChI=1S/C39H43N7O9/c1-4-39(27-17-30-32-24(16-23-8-5-6-9-28(23)44-32)18-46(30)35(49)26(27)20-53-36(39)50)55-38(52)54-19-22-11-13-25(14-12-22)43-33(47)29(10-7-15-42-37(41)51)45-34(48)31(40)21(2)3/h5-6,8-9,11-14,16-17,21,29,31H,4,7,10,15,18-20,40H2,1-3H3,(H,43,47)(H,45,48)(H3,41,42,51)/t29-,31-,39-/m0/s1. The third-order valence-corrected chi connectivity index (χ3v) is 9.84. The number of esters is 1. The highest BCUT2D eigenvalue weighted by Gasteiger charge is 2.51. The fourth-order valence-electron chi connectivity index (χ4n) is 6.67. The molecule has 0 saturated carbocycles. The van der Waals surface area contributed by atoms with Gasteiger partial charge in [0.05, 0.1) is 35.1 Å². The molecule has 0 saturated heterocycles. The largest absolute Gasteiger partial charge is 0.510 e. The number of pyridine rings is 2. The highest BCUT2D eigenvalue weighted by atomic mass is 16.7. The Labute approximate surface area is 315 Å². The van der Waals surface area contributed by atoms with Crippen molar-refractivity contribution >= 4 is 46.6 Å². The summed E-state index contributed by atoms with van der Waals surface area (Å²) >= 11 is 0. The van der Waals surface area contributed by atoms with Crippen LogP contribution in [0.5, 0.6) is 0 Å². The molecule has 2 aromatic carbocycles. The Bertz CT molecular complexity index is 2220. The number of ether oxygens (including phenoxy) is 3. The Morgan fingerprint density at radius 2 is 1.78 bits per heavy atom. The maximum absolute atomic E-state index is 13.8. The molecular weight excluding hydrogens is 710 g/mol. The summed E-state index contributed by atoms with van der Waals surface area (Å²) in [6, 6.07) is 15.2. The smallest absolute Gasteiger partial charge is 0.457 e. The number of anilines is 1. The van der Waals surface area contributed by atoms with E-state index in [9.17, 15) is 28.8 Å². The second-order valence-electron chi connectivity index (χ2n) is 13.8. The predicted octanol–water partition coefficient (Wildman–Crippen LogP) is 3.30. The molecule has 2 aliphatic heterocycles. The summed E-state index contributed by atoms with van der Waals surface area (Å²) in [6.45, 7) is 5.22. The van der Waals surface area contributed by atoms with Crippen molar-refractivity contribution in [1.29, 1.82) is 0 Å². The van der Waals surface area contributed by atoms with Gasteiger partial charge in [0, 0.05) is 28.7 Å². The summed E-state index contributed by atoms with van der Waals surface area (Å²) in [5, 5.41) is 8.82. The van der Waals surface area contributed by atoms with Crippen LogP contribution in [0.3, 0.4) is 0 Å². The van der Waals surface area contributed by atoms with Crippen LogP contribution in [-0.2, 0) is 54.0 Å². The van der Waals surface area contributed by atoms with Gasteiger partial charge in [-0.3, -0.25) is 14.4 Å². The second kappa shape index (κ2) is 16.0. The molecule has 288 valence electrons. The number of primary amides is 1. The summed E-state index contributed by atoms with van der Waals surface area (Å²) in [5.74, 6) is -1.97. The van der Waals surface area contributed by atoms with Gasteiger partial charge in [0.25, 0.3) is 5.56 Å². The van der Waals surface area contributed by atoms with Crippen LogP contribution in [0.4, 0.5) is 15.3 Å². The minimum Gasteiger partial charge on any atom is -0.457 e. The van der Waals surface area contributed by atoms with Crippen LogP contribution < -0.4 is 33.0 Å². The summed E-state index contributed by atoms with van der Waals surface area (Å²) in [7, 11) is 0. The van der Waals surface area contributed by atoms with Crippen molar-refractivity contribution in [2.24, 2.45) is 17.4 Å². The zero-order valence-electron chi connectivity index (χ0n) is 30.7. The molecule has 6 rings (SSSR count). The number of nitrogens with two attached hydrogens (primary N) is 2. The Hall–Kier alpha value is -6.29. The first-order valence-corrected chi connectivity index (χ1v) is 18.0. The highest BCUT2D eigenvalue weighted by molar-refractivity contribution is 5.98. The van der Waals surface area contributed by atoms with Gasteiger partial charge in [-0.05, 0) is 61.1 Å². The van der Waals surface area contributed by atoms with Crippen molar-refractivity contribution in [3.8, 4) is 11.4 Å². The topological polar surface area (TPSA) is 236 Å². The minimum atomic E-state index is -1.94. The van der Waals surface area contributed by atoms with E-state index in [-0.39, 0.29) is 55.2 Å². The Morgan fingerprint density at radius 1 is 1.04 bits per heavy atom. The summed E-state index contributed by atoms with van der Waals surface area (Å²) < 4.78 is 18.2. The predicted molar refractivity (Wildman–Crippen MR) is 200 cm³/mol. The van der Waals surface area contributed by atoms with E-state index in [2.05, 4.69) is 16.0 Å². The van der Waals surface area contributed by atoms with Crippen LogP contribution in [0.15, 0.2) is 65.5 Å². The van der Waals surface area contributed by atoms with Crippen molar-refractivity contribution in [2.75, 3.05) is 11.9 Å². The molecule has 4 aromatic rings. The van der Waals surface area contributed by atoms with Crippen molar-refractivity contribution in [2.45, 2.75) is 77.5 Å². The molecule has 2 aliphatic rings. The molecule has 2 aromatic heterocycles. The van der Waals surface area contributed by atoms with Gasteiger partial charge in [0.1, 0.15) is 19.3 Å². The first-order valence-electron chi connectivity index (χ1n) is 18.0. The lowest BCUT2D eigenvalue weighted by molar-refractivity contribution is -0.175. The number of fused-ring (bicyclic) bond motifs is 5. The van der Waals surface area contributed by atoms with E-state index in [0.29, 0.717) is 35.6 Å². The zero-order valence-corrected chi connectivity index (χ0v) is 30.7. The van der Waals surface area contributed by atoms with Crippen LogP contribution in [0, 0.1) is 5.92 Å². The third kappa shape index (κ3) is 7.99. The lowest BCUT2D eigenvalue weighted by Crippen LogP contribution is -2.51. The van der Waals surface area contributed by atoms with Crippen LogP contribution in [0.25, 0.3) is 22.3 Å². The van der Waals surface area contributed by atoms with E-state index < -0.39 is 47.7 Å². The lowest BCUT2D eigenvalue weighted by Gasteiger charge is -2.35. The molecule has 0 aliphatic carbocycles. The number of cyclic esters (lactones) is 1. The molecule has 3 atom stereocenters. The van der Waals surface area contributed by atoms with Gasteiger partial charge in [0.2, 0.25) is 17.4 Å². The first-order chi connectivity index (χ1) is 26.3. The van der Waals surface area contributed by atoms with Crippen LogP contribution in [0.1, 0.15) is 62.3 Å². The molecule has 4 heterocycles. The number of carbonyl (C=O) groups excluding carboxylic acids is 5. The molecule has 0 bridgehead atoms. The van der Waals surface area contributed by atoms with Gasteiger partial charge in [-0.25, -0.2) is 19.4 Å². The van der Waals surface area contributed by atoms with Gasteiger partial charge in [-0.2, -0.15) is 0 Å². The van der Waals surface area contributed by atoms with Crippen molar-refractivity contribution in [3.05, 3.63) is 93.3 Å². The number of carbonyl (C=O) groups is 5. The maximum Gasteiger partial charge on any atom is 0.510 e. The molecule has 55 heavy (non-hydrogen) atoms. The number of amides is 4. The van der Waals surface area contributed by atoms with E-state index in [1.807, 2.05) is 30.3 Å².